The first-order chi connectivity index (χ1) is 16.2. The normalized spacial score (nSPS) is 32.4. The molecule has 1 aliphatic carbocycles. The Morgan fingerprint density at radius 1 is 1.18 bits per heavy atom. The number of hydrogen-bond donors (Lipinski definition) is 2. The summed E-state index contributed by atoms with van der Waals surface area (Å²) in [6, 6.07) is 4.45. The van der Waals surface area contributed by atoms with Gasteiger partial charge >= 0.3 is 0 Å². The Morgan fingerprint density at radius 3 is 2.59 bits per heavy atom. The van der Waals surface area contributed by atoms with Crippen LogP contribution in [0, 0.1) is 18.8 Å². The van der Waals surface area contributed by atoms with Gasteiger partial charge in [0.15, 0.2) is 0 Å². The van der Waals surface area contributed by atoms with Gasteiger partial charge in [-0.25, -0.2) is 0 Å². The van der Waals surface area contributed by atoms with E-state index in [1.54, 1.807) is 17.0 Å². The van der Waals surface area contributed by atoms with Crippen LogP contribution >= 0.6 is 11.6 Å². The molecule has 5 atom stereocenters. The third-order valence-electron chi connectivity index (χ3n) is 7.81. The van der Waals surface area contributed by atoms with Crippen molar-refractivity contribution in [2.75, 3.05) is 5.32 Å². The number of carbonyl (C=O) groups excluding carboxylic acids is 3. The number of nitrogens with zero attached hydrogens (tertiary/aromatic N) is 1. The standard InChI is InChI=1S/C26H32ClN3O4/c1-14(2)30-22(24(32)28-16-7-5-4-6-8-16)26-12-11-19(34-26)20(21(26)25(30)33)23(31)29-17-10-9-15(3)18(27)13-17/h9-14,16,19-22H,4-8H2,1-3H3,(H,28,32)(H,29,31)/t19-,20?,21-,22?,26?/m1/s1. The number of ether oxygens (including phenoxy) is 1. The fourth-order valence-electron chi connectivity index (χ4n) is 6.18. The van der Waals surface area contributed by atoms with Crippen molar-refractivity contribution in [1.29, 1.82) is 0 Å². The van der Waals surface area contributed by atoms with Crippen molar-refractivity contribution in [2.45, 2.75) is 82.7 Å². The van der Waals surface area contributed by atoms with E-state index in [0.717, 1.165) is 31.2 Å². The highest BCUT2D eigenvalue weighted by Gasteiger charge is 2.73. The van der Waals surface area contributed by atoms with Crippen LogP contribution < -0.4 is 10.6 Å². The van der Waals surface area contributed by atoms with Crippen LogP contribution in [0.3, 0.4) is 0 Å². The summed E-state index contributed by atoms with van der Waals surface area (Å²) in [7, 11) is 0. The number of hydrogen-bond acceptors (Lipinski definition) is 4. The number of aryl methyl sites for hydroxylation is 1. The maximum absolute atomic E-state index is 13.7. The lowest BCUT2D eigenvalue weighted by Crippen LogP contribution is -2.57. The zero-order valence-electron chi connectivity index (χ0n) is 19.8. The summed E-state index contributed by atoms with van der Waals surface area (Å²) in [5.41, 5.74) is 0.354. The van der Waals surface area contributed by atoms with E-state index in [1.807, 2.05) is 39.0 Å². The average molecular weight is 486 g/mol. The first-order valence-electron chi connectivity index (χ1n) is 12.3. The van der Waals surface area contributed by atoms with Crippen LogP contribution in [-0.4, -0.2) is 52.5 Å². The number of likely N-dealkylation sites (tertiary alicyclic amines) is 1. The molecule has 3 unspecified atom stereocenters. The van der Waals surface area contributed by atoms with Crippen LogP contribution in [0.15, 0.2) is 30.4 Å². The molecule has 182 valence electrons. The summed E-state index contributed by atoms with van der Waals surface area (Å²) in [6.07, 6.45) is 8.42. The Hall–Kier alpha value is -2.38. The predicted molar refractivity (Wildman–Crippen MR) is 129 cm³/mol. The molecule has 2 saturated heterocycles. The highest BCUT2D eigenvalue weighted by Crippen LogP contribution is 2.55. The number of halogens is 1. The number of nitrogens with one attached hydrogen (secondary N) is 2. The second-order valence-electron chi connectivity index (χ2n) is 10.3. The quantitative estimate of drug-likeness (QED) is 0.624. The van der Waals surface area contributed by atoms with Crippen molar-refractivity contribution in [3.05, 3.63) is 40.9 Å². The first kappa shape index (κ1) is 23.4. The second kappa shape index (κ2) is 8.68. The Bertz CT molecular complexity index is 1050. The number of rotatable bonds is 5. The molecule has 3 heterocycles. The molecule has 1 aromatic rings. The molecule has 0 radical (unpaired) electrons. The molecule has 1 aromatic carbocycles. The fourth-order valence-corrected chi connectivity index (χ4v) is 6.37. The molecular formula is C26H32ClN3O4. The van der Waals surface area contributed by atoms with E-state index in [0.29, 0.717) is 10.7 Å². The summed E-state index contributed by atoms with van der Waals surface area (Å²) < 4.78 is 6.35. The third kappa shape index (κ3) is 3.64. The van der Waals surface area contributed by atoms with E-state index < -0.39 is 29.6 Å². The largest absolute Gasteiger partial charge is 0.359 e. The molecule has 8 heteroatoms. The minimum atomic E-state index is -1.13. The zero-order valence-corrected chi connectivity index (χ0v) is 20.6. The zero-order chi connectivity index (χ0) is 24.2. The van der Waals surface area contributed by atoms with Crippen molar-refractivity contribution in [1.82, 2.24) is 10.2 Å². The molecule has 5 rings (SSSR count). The third-order valence-corrected chi connectivity index (χ3v) is 8.22. The lowest BCUT2D eigenvalue weighted by Gasteiger charge is -2.35. The highest BCUT2D eigenvalue weighted by atomic mass is 35.5. The number of carbonyl (C=O) groups is 3. The Morgan fingerprint density at radius 2 is 1.91 bits per heavy atom. The van der Waals surface area contributed by atoms with Gasteiger partial charge in [0.05, 0.1) is 17.9 Å². The number of anilines is 1. The van der Waals surface area contributed by atoms with Crippen molar-refractivity contribution >= 4 is 35.0 Å². The summed E-state index contributed by atoms with van der Waals surface area (Å²) in [5, 5.41) is 6.66. The summed E-state index contributed by atoms with van der Waals surface area (Å²) in [4.78, 5) is 42.4. The molecule has 3 fully saturated rings. The predicted octanol–water partition coefficient (Wildman–Crippen LogP) is 3.59. The molecule has 1 saturated carbocycles. The molecule has 4 aliphatic rings. The molecule has 0 aromatic heterocycles. The van der Waals surface area contributed by atoms with Crippen LogP contribution in [0.25, 0.3) is 0 Å². The smallest absolute Gasteiger partial charge is 0.246 e. The van der Waals surface area contributed by atoms with E-state index in [-0.39, 0.29) is 29.8 Å². The van der Waals surface area contributed by atoms with Crippen LogP contribution in [0.1, 0.15) is 51.5 Å². The second-order valence-corrected chi connectivity index (χ2v) is 10.7. The Kier molecular flexibility index (Phi) is 5.97. The van der Waals surface area contributed by atoms with Gasteiger partial charge in [-0.15, -0.1) is 0 Å². The van der Waals surface area contributed by atoms with E-state index in [4.69, 9.17) is 16.3 Å². The number of fused-ring (bicyclic) bond motifs is 1. The molecular weight excluding hydrogens is 454 g/mol. The Balaban J connectivity index is 1.43. The van der Waals surface area contributed by atoms with E-state index in [1.165, 1.54) is 6.42 Å². The van der Waals surface area contributed by atoms with Crippen LogP contribution in [0.5, 0.6) is 0 Å². The molecule has 2 bridgehead atoms. The molecule has 2 N–H and O–H groups in total. The monoisotopic (exact) mass is 485 g/mol. The van der Waals surface area contributed by atoms with E-state index in [9.17, 15) is 14.4 Å². The van der Waals surface area contributed by atoms with E-state index >= 15 is 0 Å². The van der Waals surface area contributed by atoms with Gasteiger partial charge in [-0.2, -0.15) is 0 Å². The number of amides is 3. The van der Waals surface area contributed by atoms with Crippen LogP contribution in [0.4, 0.5) is 5.69 Å². The van der Waals surface area contributed by atoms with Crippen molar-refractivity contribution < 1.29 is 19.1 Å². The Labute approximate surface area is 205 Å². The lowest BCUT2D eigenvalue weighted by atomic mass is 9.74. The van der Waals surface area contributed by atoms with Gasteiger partial charge < -0.3 is 20.3 Å². The van der Waals surface area contributed by atoms with E-state index in [2.05, 4.69) is 10.6 Å². The van der Waals surface area contributed by atoms with Gasteiger partial charge in [-0.1, -0.05) is 49.1 Å². The lowest BCUT2D eigenvalue weighted by molar-refractivity contribution is -0.143. The topological polar surface area (TPSA) is 87.7 Å². The minimum absolute atomic E-state index is 0.119. The summed E-state index contributed by atoms with van der Waals surface area (Å²) in [6.45, 7) is 5.69. The highest BCUT2D eigenvalue weighted by molar-refractivity contribution is 6.31. The molecule has 3 amide bonds. The van der Waals surface area contributed by atoms with Gasteiger partial charge in [0.2, 0.25) is 17.7 Å². The van der Waals surface area contributed by atoms with Crippen LogP contribution in [0.2, 0.25) is 5.02 Å². The maximum Gasteiger partial charge on any atom is 0.246 e. The molecule has 1 spiro atoms. The fraction of sp³-hybridized carbons (Fsp3) is 0.577. The molecule has 34 heavy (non-hydrogen) atoms. The SMILES string of the molecule is Cc1ccc(NC(=O)C2[C@H]3C=CC4(O3)C(C(=O)NC3CCCCC3)N(C(C)C)C(=O)[C@@H]24)cc1Cl. The van der Waals surface area contributed by atoms with Gasteiger partial charge in [-0.05, 0) is 51.3 Å². The van der Waals surface area contributed by atoms with Crippen molar-refractivity contribution in [3.63, 3.8) is 0 Å². The number of benzene rings is 1. The summed E-state index contributed by atoms with van der Waals surface area (Å²) >= 11 is 6.23. The minimum Gasteiger partial charge on any atom is -0.359 e. The molecule has 7 nitrogen and oxygen atoms in total. The summed E-state index contributed by atoms with van der Waals surface area (Å²) in [5.74, 6) is -2.15. The van der Waals surface area contributed by atoms with Gasteiger partial charge in [0.1, 0.15) is 11.6 Å². The van der Waals surface area contributed by atoms with Gasteiger partial charge in [-0.3, -0.25) is 14.4 Å². The van der Waals surface area contributed by atoms with Crippen LogP contribution in [-0.2, 0) is 19.1 Å². The average Bonchev–Trinajstić information content (AvgIpc) is 3.44. The van der Waals surface area contributed by atoms with Crippen molar-refractivity contribution in [3.8, 4) is 0 Å². The maximum atomic E-state index is 13.7. The first-order valence-corrected chi connectivity index (χ1v) is 12.7. The molecule has 3 aliphatic heterocycles. The van der Waals surface area contributed by atoms with Gasteiger partial charge in [0, 0.05) is 22.8 Å². The van der Waals surface area contributed by atoms with Crippen molar-refractivity contribution in [2.24, 2.45) is 11.8 Å². The van der Waals surface area contributed by atoms with Gasteiger partial charge in [0.25, 0.3) is 0 Å².